The minimum atomic E-state index is -0.977. The third kappa shape index (κ3) is 8.91. The topological polar surface area (TPSA) is 231 Å². The zero-order valence-electron chi connectivity index (χ0n) is 19.8. The maximum absolute atomic E-state index is 13.1. The van der Waals surface area contributed by atoms with Gasteiger partial charge in [-0.2, -0.15) is 0 Å². The van der Waals surface area contributed by atoms with Gasteiger partial charge in [0.25, 0.3) is 0 Å². The van der Waals surface area contributed by atoms with Crippen molar-refractivity contribution in [2.45, 2.75) is 56.7 Å². The van der Waals surface area contributed by atoms with Gasteiger partial charge in [-0.15, -0.1) is 0 Å². The summed E-state index contributed by atoms with van der Waals surface area (Å²) < 4.78 is 0. The molecule has 1 heterocycles. The number of nitrogens with two attached hydrogens (primary N) is 4. The number of rotatable bonds is 15. The van der Waals surface area contributed by atoms with E-state index in [1.807, 2.05) is 24.3 Å². The van der Waals surface area contributed by atoms with E-state index in [0.29, 0.717) is 32.4 Å². The SMILES string of the molecule is N=C(N)NCCC[C@H](NC(=O)[C@@H](N)CCCCN)C(=O)N[C@@H](Cc1c[nH]c2ccccc12)C(N)=O. The van der Waals surface area contributed by atoms with Crippen molar-refractivity contribution in [3.63, 3.8) is 0 Å². The van der Waals surface area contributed by atoms with E-state index in [1.54, 1.807) is 6.20 Å². The Morgan fingerprint density at radius 3 is 2.37 bits per heavy atom. The van der Waals surface area contributed by atoms with Crippen molar-refractivity contribution >= 4 is 34.6 Å². The Bertz CT molecular complexity index is 1010. The van der Waals surface area contributed by atoms with E-state index >= 15 is 0 Å². The van der Waals surface area contributed by atoms with E-state index in [-0.39, 0.29) is 18.8 Å². The van der Waals surface area contributed by atoms with Crippen molar-refractivity contribution < 1.29 is 14.4 Å². The summed E-state index contributed by atoms with van der Waals surface area (Å²) in [6, 6.07) is 4.90. The van der Waals surface area contributed by atoms with Gasteiger partial charge < -0.3 is 43.9 Å². The highest BCUT2D eigenvalue weighted by atomic mass is 16.2. The number of nitrogens with one attached hydrogen (secondary N) is 5. The van der Waals surface area contributed by atoms with Crippen LogP contribution in [0.1, 0.15) is 37.7 Å². The molecule has 35 heavy (non-hydrogen) atoms. The fourth-order valence-corrected chi connectivity index (χ4v) is 3.73. The number of carbonyl (C=O) groups is 3. The van der Waals surface area contributed by atoms with Crippen molar-refractivity contribution in [3.8, 4) is 0 Å². The van der Waals surface area contributed by atoms with E-state index in [9.17, 15) is 14.4 Å². The molecule has 13 N–H and O–H groups in total. The Kier molecular flexibility index (Phi) is 11.0. The molecule has 0 radical (unpaired) electrons. The van der Waals surface area contributed by atoms with Crippen molar-refractivity contribution in [3.05, 3.63) is 36.0 Å². The molecule has 2 aromatic rings. The maximum atomic E-state index is 13.1. The fourth-order valence-electron chi connectivity index (χ4n) is 3.73. The number of benzene rings is 1. The summed E-state index contributed by atoms with van der Waals surface area (Å²) in [6.45, 7) is 0.847. The number of fused-ring (bicyclic) bond motifs is 1. The molecular weight excluding hydrogens is 450 g/mol. The lowest BCUT2D eigenvalue weighted by Gasteiger charge is -2.23. The van der Waals surface area contributed by atoms with Crippen molar-refractivity contribution in [2.24, 2.45) is 22.9 Å². The number of hydrogen-bond donors (Lipinski definition) is 9. The second-order valence-electron chi connectivity index (χ2n) is 8.46. The Morgan fingerprint density at radius 1 is 0.971 bits per heavy atom. The molecule has 0 saturated heterocycles. The van der Waals surface area contributed by atoms with Crippen LogP contribution in [0.15, 0.2) is 30.5 Å². The third-order valence-electron chi connectivity index (χ3n) is 5.68. The quantitative estimate of drug-likeness (QED) is 0.0852. The summed E-state index contributed by atoms with van der Waals surface area (Å²) in [6.07, 6.45) is 4.52. The number of primary amides is 1. The van der Waals surface area contributed by atoms with Gasteiger partial charge in [0.2, 0.25) is 17.7 Å². The smallest absolute Gasteiger partial charge is 0.243 e. The summed E-state index contributed by atoms with van der Waals surface area (Å²) in [5, 5.41) is 16.2. The van der Waals surface area contributed by atoms with Gasteiger partial charge in [-0.25, -0.2) is 0 Å². The van der Waals surface area contributed by atoms with E-state index in [0.717, 1.165) is 22.9 Å². The van der Waals surface area contributed by atoms with Crippen LogP contribution in [0, 0.1) is 5.41 Å². The largest absolute Gasteiger partial charge is 0.370 e. The molecule has 192 valence electrons. The molecule has 3 atom stereocenters. The number of para-hydroxylation sites is 1. The Hall–Kier alpha value is -3.64. The lowest BCUT2D eigenvalue weighted by atomic mass is 10.0. The molecule has 1 aromatic carbocycles. The zero-order chi connectivity index (χ0) is 25.8. The first kappa shape index (κ1) is 27.6. The Morgan fingerprint density at radius 2 is 1.69 bits per heavy atom. The average molecular weight is 488 g/mol. The number of aromatic nitrogens is 1. The first-order valence-corrected chi connectivity index (χ1v) is 11.7. The average Bonchev–Trinajstić information content (AvgIpc) is 3.23. The highest BCUT2D eigenvalue weighted by molar-refractivity contribution is 5.93. The molecule has 0 aliphatic carbocycles. The number of aromatic amines is 1. The van der Waals surface area contributed by atoms with Crippen molar-refractivity contribution in [1.29, 1.82) is 5.41 Å². The van der Waals surface area contributed by atoms with Crippen LogP contribution in [0.2, 0.25) is 0 Å². The van der Waals surface area contributed by atoms with Crippen LogP contribution in [0.3, 0.4) is 0 Å². The summed E-state index contributed by atoms with van der Waals surface area (Å²) in [4.78, 5) is 41.0. The molecule has 0 spiro atoms. The molecule has 12 heteroatoms. The van der Waals surface area contributed by atoms with E-state index in [1.165, 1.54) is 0 Å². The molecule has 3 amide bonds. The van der Waals surface area contributed by atoms with E-state index in [4.69, 9.17) is 28.3 Å². The molecule has 0 fully saturated rings. The van der Waals surface area contributed by atoms with Gasteiger partial charge in [-0.3, -0.25) is 19.8 Å². The third-order valence-corrected chi connectivity index (χ3v) is 5.68. The van der Waals surface area contributed by atoms with Gasteiger partial charge in [-0.05, 0) is 43.9 Å². The first-order valence-electron chi connectivity index (χ1n) is 11.7. The van der Waals surface area contributed by atoms with E-state index < -0.39 is 35.8 Å². The summed E-state index contributed by atoms with van der Waals surface area (Å²) in [5.74, 6) is -1.89. The van der Waals surface area contributed by atoms with Gasteiger partial charge in [0.05, 0.1) is 6.04 Å². The molecule has 0 aliphatic heterocycles. The highest BCUT2D eigenvalue weighted by Crippen LogP contribution is 2.19. The fraction of sp³-hybridized carbons (Fsp3) is 0.478. The van der Waals surface area contributed by atoms with Gasteiger partial charge >= 0.3 is 0 Å². The Balaban J connectivity index is 2.08. The second-order valence-corrected chi connectivity index (χ2v) is 8.46. The molecular formula is C23H37N9O3. The van der Waals surface area contributed by atoms with Crippen LogP contribution in [-0.4, -0.2) is 59.9 Å². The normalized spacial score (nSPS) is 13.5. The van der Waals surface area contributed by atoms with Crippen LogP contribution in [-0.2, 0) is 20.8 Å². The first-order chi connectivity index (χ1) is 16.7. The van der Waals surface area contributed by atoms with Crippen LogP contribution in [0.25, 0.3) is 10.9 Å². The van der Waals surface area contributed by atoms with Gasteiger partial charge in [0.1, 0.15) is 12.1 Å². The van der Waals surface area contributed by atoms with Gasteiger partial charge in [0.15, 0.2) is 5.96 Å². The predicted octanol–water partition coefficient (Wildman–Crippen LogP) is -1.12. The number of amides is 3. The molecule has 12 nitrogen and oxygen atoms in total. The number of guanidine groups is 1. The molecule has 0 unspecified atom stereocenters. The second kappa shape index (κ2) is 13.9. The zero-order valence-corrected chi connectivity index (χ0v) is 19.8. The van der Waals surface area contributed by atoms with Crippen LogP contribution in [0.4, 0.5) is 0 Å². The van der Waals surface area contributed by atoms with Crippen molar-refractivity contribution in [1.82, 2.24) is 20.9 Å². The molecule has 2 rings (SSSR count). The monoisotopic (exact) mass is 487 g/mol. The van der Waals surface area contributed by atoms with E-state index in [2.05, 4.69) is 20.9 Å². The van der Waals surface area contributed by atoms with Crippen LogP contribution >= 0.6 is 0 Å². The molecule has 0 bridgehead atoms. The van der Waals surface area contributed by atoms with Crippen LogP contribution < -0.4 is 38.9 Å². The predicted molar refractivity (Wildman–Crippen MR) is 135 cm³/mol. The summed E-state index contributed by atoms with van der Waals surface area (Å²) in [5.41, 5.74) is 24.1. The van der Waals surface area contributed by atoms with Gasteiger partial charge in [-0.1, -0.05) is 24.6 Å². The molecule has 1 aromatic heterocycles. The lowest BCUT2D eigenvalue weighted by Crippen LogP contribution is -2.55. The van der Waals surface area contributed by atoms with Crippen molar-refractivity contribution in [2.75, 3.05) is 13.1 Å². The minimum Gasteiger partial charge on any atom is -0.370 e. The van der Waals surface area contributed by atoms with Gasteiger partial charge in [0, 0.05) is 30.1 Å². The highest BCUT2D eigenvalue weighted by Gasteiger charge is 2.27. The standard InChI is InChI=1S/C23H37N9O3/c24-10-4-3-7-16(25)21(34)31-18(9-5-11-29-23(27)28)22(35)32-19(20(26)33)12-14-13-30-17-8-2-1-6-15(14)17/h1-2,6,8,13,16,18-19,30H,3-5,7,9-12,24-25H2,(H2,26,33)(H,31,34)(H,32,35)(H4,27,28,29)/t16-,18-,19-/m0/s1. The van der Waals surface area contributed by atoms with Crippen LogP contribution in [0.5, 0.6) is 0 Å². The summed E-state index contributed by atoms with van der Waals surface area (Å²) >= 11 is 0. The summed E-state index contributed by atoms with van der Waals surface area (Å²) in [7, 11) is 0. The molecule has 0 saturated carbocycles. The Labute approximate surface area is 204 Å². The number of H-pyrrole nitrogens is 1. The maximum Gasteiger partial charge on any atom is 0.243 e. The lowest BCUT2D eigenvalue weighted by molar-refractivity contribution is -0.132. The minimum absolute atomic E-state index is 0.190. The number of hydrogen-bond acceptors (Lipinski definition) is 6. The number of carbonyl (C=O) groups excluding carboxylic acids is 3. The molecule has 0 aliphatic rings. The number of unbranched alkanes of at least 4 members (excludes halogenated alkanes) is 1.